The molecular formula is C13H16Cl3NO. The van der Waals surface area contributed by atoms with Gasteiger partial charge < -0.3 is 4.90 Å². The molecule has 0 saturated carbocycles. The van der Waals surface area contributed by atoms with Crippen LogP contribution in [0.2, 0.25) is 10.0 Å². The van der Waals surface area contributed by atoms with Crippen LogP contribution in [0.4, 0.5) is 0 Å². The van der Waals surface area contributed by atoms with Crippen LogP contribution in [-0.4, -0.2) is 22.7 Å². The smallest absolute Gasteiger partial charge is 0.224 e. The van der Waals surface area contributed by atoms with Gasteiger partial charge in [-0.2, -0.15) is 0 Å². The number of hydrogen-bond donors (Lipinski definition) is 0. The van der Waals surface area contributed by atoms with Crippen LogP contribution in [0.5, 0.6) is 0 Å². The Morgan fingerprint density at radius 1 is 1.28 bits per heavy atom. The first-order valence-electron chi connectivity index (χ1n) is 5.75. The summed E-state index contributed by atoms with van der Waals surface area (Å²) in [6.45, 7) is 4.47. The average molecular weight is 309 g/mol. The third-order valence-electron chi connectivity index (χ3n) is 2.59. The number of nitrogens with zero attached hydrogens (tertiary/aromatic N) is 1. The van der Waals surface area contributed by atoms with Gasteiger partial charge in [-0.05, 0) is 31.5 Å². The van der Waals surface area contributed by atoms with E-state index in [9.17, 15) is 4.79 Å². The van der Waals surface area contributed by atoms with Crippen molar-refractivity contribution in [2.24, 2.45) is 0 Å². The van der Waals surface area contributed by atoms with Gasteiger partial charge in [-0.15, -0.1) is 11.6 Å². The number of hydrogen-bond acceptors (Lipinski definition) is 1. The first-order chi connectivity index (χ1) is 8.45. The zero-order valence-electron chi connectivity index (χ0n) is 10.4. The molecule has 0 N–H and O–H groups in total. The Bertz CT molecular complexity index is 421. The number of halogens is 3. The minimum Gasteiger partial charge on any atom is -0.336 e. The highest BCUT2D eigenvalue weighted by atomic mass is 35.5. The number of amides is 1. The van der Waals surface area contributed by atoms with Crippen LogP contribution in [-0.2, 0) is 11.3 Å². The van der Waals surface area contributed by atoms with Crippen LogP contribution in [0.3, 0.4) is 0 Å². The monoisotopic (exact) mass is 307 g/mol. The summed E-state index contributed by atoms with van der Waals surface area (Å²) in [6.07, 6.45) is 0.348. The lowest BCUT2D eigenvalue weighted by Gasteiger charge is -2.27. The van der Waals surface area contributed by atoms with E-state index in [1.54, 1.807) is 17.0 Å². The summed E-state index contributed by atoms with van der Waals surface area (Å²) in [4.78, 5) is 13.7. The van der Waals surface area contributed by atoms with Gasteiger partial charge in [-0.3, -0.25) is 4.79 Å². The van der Waals surface area contributed by atoms with Crippen LogP contribution >= 0.6 is 34.8 Å². The molecule has 0 aliphatic heterocycles. The lowest BCUT2D eigenvalue weighted by atomic mass is 10.1. The maximum atomic E-state index is 11.9. The van der Waals surface area contributed by atoms with Gasteiger partial charge in [0.25, 0.3) is 0 Å². The molecule has 100 valence electrons. The maximum Gasteiger partial charge on any atom is 0.224 e. The van der Waals surface area contributed by atoms with Crippen LogP contribution < -0.4 is 0 Å². The molecule has 0 aliphatic carbocycles. The molecule has 0 fully saturated rings. The van der Waals surface area contributed by atoms with Crippen LogP contribution in [0.25, 0.3) is 0 Å². The molecule has 0 radical (unpaired) electrons. The molecule has 2 nitrogen and oxygen atoms in total. The molecule has 1 rings (SSSR count). The highest BCUT2D eigenvalue weighted by molar-refractivity contribution is 6.42. The summed E-state index contributed by atoms with van der Waals surface area (Å²) < 4.78 is 0. The molecule has 0 saturated heterocycles. The van der Waals surface area contributed by atoms with Gasteiger partial charge in [-0.25, -0.2) is 0 Å². The standard InChI is InChI=1S/C13H16Cl3NO/c1-9(2)17(13(18)5-6-14)8-10-3-4-11(15)12(16)7-10/h3-4,7,9H,5-6,8H2,1-2H3. The molecule has 0 aliphatic rings. The summed E-state index contributed by atoms with van der Waals surface area (Å²) in [5.41, 5.74) is 0.959. The summed E-state index contributed by atoms with van der Waals surface area (Å²) in [6, 6.07) is 5.52. The van der Waals surface area contributed by atoms with Crippen molar-refractivity contribution >= 4 is 40.7 Å². The second kappa shape index (κ2) is 7.22. The largest absolute Gasteiger partial charge is 0.336 e. The van der Waals surface area contributed by atoms with Crippen molar-refractivity contribution in [1.29, 1.82) is 0 Å². The fourth-order valence-electron chi connectivity index (χ4n) is 1.62. The summed E-state index contributed by atoms with van der Waals surface area (Å²) in [7, 11) is 0. The predicted octanol–water partition coefficient (Wildman–Crippen LogP) is 4.36. The minimum absolute atomic E-state index is 0.0473. The molecule has 0 aromatic heterocycles. The molecule has 1 aromatic rings. The van der Waals surface area contributed by atoms with E-state index >= 15 is 0 Å². The molecular weight excluding hydrogens is 293 g/mol. The van der Waals surface area contributed by atoms with E-state index in [2.05, 4.69) is 0 Å². The Morgan fingerprint density at radius 2 is 1.94 bits per heavy atom. The Kier molecular flexibility index (Phi) is 6.27. The summed E-state index contributed by atoms with van der Waals surface area (Å²) >= 11 is 17.4. The Hall–Kier alpha value is -0.440. The number of benzene rings is 1. The molecule has 0 spiro atoms. The number of rotatable bonds is 5. The van der Waals surface area contributed by atoms with Crippen molar-refractivity contribution < 1.29 is 4.79 Å². The second-order valence-corrected chi connectivity index (χ2v) is 5.50. The fraction of sp³-hybridized carbons (Fsp3) is 0.462. The van der Waals surface area contributed by atoms with Gasteiger partial charge in [0.2, 0.25) is 5.91 Å². The van der Waals surface area contributed by atoms with Crippen molar-refractivity contribution in [1.82, 2.24) is 4.90 Å². The number of carbonyl (C=O) groups excluding carboxylic acids is 1. The zero-order valence-corrected chi connectivity index (χ0v) is 12.7. The van der Waals surface area contributed by atoms with E-state index in [0.717, 1.165) is 5.56 Å². The van der Waals surface area contributed by atoms with E-state index in [0.29, 0.717) is 28.9 Å². The average Bonchev–Trinajstić information content (AvgIpc) is 2.30. The van der Waals surface area contributed by atoms with Crippen molar-refractivity contribution in [2.45, 2.75) is 32.9 Å². The Balaban J connectivity index is 2.83. The van der Waals surface area contributed by atoms with Crippen molar-refractivity contribution in [3.05, 3.63) is 33.8 Å². The molecule has 0 heterocycles. The van der Waals surface area contributed by atoms with Gasteiger partial charge >= 0.3 is 0 Å². The summed E-state index contributed by atoms with van der Waals surface area (Å²) in [5, 5.41) is 1.02. The van der Waals surface area contributed by atoms with Crippen molar-refractivity contribution in [3.63, 3.8) is 0 Å². The second-order valence-electron chi connectivity index (χ2n) is 4.30. The molecule has 1 amide bonds. The van der Waals surface area contributed by atoms with Crippen LogP contribution in [0, 0.1) is 0 Å². The molecule has 1 aromatic carbocycles. The number of carbonyl (C=O) groups is 1. The Labute approximate surface area is 123 Å². The van der Waals surface area contributed by atoms with Gasteiger partial charge in [-0.1, -0.05) is 29.3 Å². The molecule has 5 heteroatoms. The van der Waals surface area contributed by atoms with Crippen LogP contribution in [0.15, 0.2) is 18.2 Å². The predicted molar refractivity (Wildman–Crippen MR) is 77.5 cm³/mol. The molecule has 0 unspecified atom stereocenters. The highest BCUT2D eigenvalue weighted by Gasteiger charge is 2.16. The Morgan fingerprint density at radius 3 is 2.44 bits per heavy atom. The third kappa shape index (κ3) is 4.34. The van der Waals surface area contributed by atoms with Crippen LogP contribution in [0.1, 0.15) is 25.8 Å². The van der Waals surface area contributed by atoms with E-state index in [4.69, 9.17) is 34.8 Å². The van der Waals surface area contributed by atoms with Gasteiger partial charge in [0, 0.05) is 24.9 Å². The first kappa shape index (κ1) is 15.6. The third-order valence-corrected chi connectivity index (χ3v) is 3.52. The minimum atomic E-state index is 0.0473. The normalized spacial score (nSPS) is 10.8. The van der Waals surface area contributed by atoms with E-state index in [-0.39, 0.29) is 11.9 Å². The van der Waals surface area contributed by atoms with Crippen molar-refractivity contribution in [3.8, 4) is 0 Å². The summed E-state index contributed by atoms with van der Waals surface area (Å²) in [5.74, 6) is 0.384. The molecule has 0 bridgehead atoms. The SMILES string of the molecule is CC(C)N(Cc1ccc(Cl)c(Cl)c1)C(=O)CCCl. The first-order valence-corrected chi connectivity index (χ1v) is 7.04. The lowest BCUT2D eigenvalue weighted by molar-refractivity contribution is -0.133. The topological polar surface area (TPSA) is 20.3 Å². The maximum absolute atomic E-state index is 11.9. The molecule has 18 heavy (non-hydrogen) atoms. The highest BCUT2D eigenvalue weighted by Crippen LogP contribution is 2.23. The van der Waals surface area contributed by atoms with Crippen molar-refractivity contribution in [2.75, 3.05) is 5.88 Å². The molecule has 0 atom stereocenters. The van der Waals surface area contributed by atoms with Gasteiger partial charge in [0.05, 0.1) is 10.0 Å². The fourth-order valence-corrected chi connectivity index (χ4v) is 2.10. The van der Waals surface area contributed by atoms with Gasteiger partial charge in [0.1, 0.15) is 0 Å². The van der Waals surface area contributed by atoms with Gasteiger partial charge in [0.15, 0.2) is 0 Å². The van der Waals surface area contributed by atoms with E-state index in [1.807, 2.05) is 19.9 Å². The zero-order chi connectivity index (χ0) is 13.7. The van der Waals surface area contributed by atoms with E-state index in [1.165, 1.54) is 0 Å². The quantitative estimate of drug-likeness (QED) is 0.740. The lowest BCUT2D eigenvalue weighted by Crippen LogP contribution is -2.36. The van der Waals surface area contributed by atoms with E-state index < -0.39 is 0 Å². The number of alkyl halides is 1.